The Morgan fingerprint density at radius 1 is 1.37 bits per heavy atom. The first-order valence-corrected chi connectivity index (χ1v) is 8.59. The van der Waals surface area contributed by atoms with Crippen molar-refractivity contribution in [1.82, 2.24) is 14.8 Å². The van der Waals surface area contributed by atoms with Crippen LogP contribution >= 0.6 is 26.6 Å². The Morgan fingerprint density at radius 2 is 2.05 bits per heavy atom. The normalized spacial score (nSPS) is 11.8. The Kier molecular flexibility index (Phi) is 3.98. The maximum absolute atomic E-state index is 11.4. The summed E-state index contributed by atoms with van der Waals surface area (Å²) in [6.07, 6.45) is 0. The minimum absolute atomic E-state index is 0.231. The molecular weight excluding hydrogens is 354 g/mol. The van der Waals surface area contributed by atoms with Gasteiger partial charge in [0, 0.05) is 27.3 Å². The van der Waals surface area contributed by atoms with Crippen LogP contribution in [0.4, 0.5) is 0 Å². The molecule has 0 fully saturated rings. The van der Waals surface area contributed by atoms with Gasteiger partial charge in [0.2, 0.25) is 0 Å². The summed E-state index contributed by atoms with van der Waals surface area (Å²) in [5.74, 6) is 0.487. The van der Waals surface area contributed by atoms with E-state index < -0.39 is 9.05 Å². The summed E-state index contributed by atoms with van der Waals surface area (Å²) in [5, 5.41) is 7.41. The van der Waals surface area contributed by atoms with Crippen molar-refractivity contribution in [1.29, 1.82) is 0 Å². The second-order valence-electron chi connectivity index (χ2n) is 3.95. The van der Waals surface area contributed by atoms with Crippen molar-refractivity contribution in [2.24, 2.45) is 0 Å². The maximum atomic E-state index is 11.4. The van der Waals surface area contributed by atoms with Gasteiger partial charge in [-0.1, -0.05) is 22.0 Å². The van der Waals surface area contributed by atoms with Gasteiger partial charge in [0.05, 0.1) is 0 Å². The average Bonchev–Trinajstić information content (AvgIpc) is 2.75. The van der Waals surface area contributed by atoms with Gasteiger partial charge in [-0.2, -0.15) is 0 Å². The molecule has 0 spiro atoms. The Balaban J connectivity index is 2.70. The summed E-state index contributed by atoms with van der Waals surface area (Å²) in [7, 11) is 1.45. The molecule has 1 aromatic carbocycles. The molecule has 2 rings (SSSR count). The molecule has 0 saturated heterocycles. The zero-order valence-corrected chi connectivity index (χ0v) is 13.4. The molecule has 102 valence electrons. The van der Waals surface area contributed by atoms with E-state index in [4.69, 9.17) is 10.7 Å². The van der Waals surface area contributed by atoms with E-state index in [1.54, 1.807) is 0 Å². The highest BCUT2D eigenvalue weighted by Crippen LogP contribution is 2.27. The molecule has 0 unspecified atom stereocenters. The quantitative estimate of drug-likeness (QED) is 0.785. The summed E-state index contributed by atoms with van der Waals surface area (Å²) in [4.78, 5) is 0. The highest BCUT2D eigenvalue weighted by Gasteiger charge is 2.23. The van der Waals surface area contributed by atoms with Crippen molar-refractivity contribution in [3.8, 4) is 11.4 Å². The molecular formula is C11H11BrClN3O2S. The first-order valence-electron chi connectivity index (χ1n) is 5.49. The standard InChI is InChI=1S/C11H11BrClN3O2S/c1-3-16-10(14-15-11(16)19(13,17)18)9-6-8(12)5-4-7(9)2/h4-6H,3H2,1-2H3. The highest BCUT2D eigenvalue weighted by atomic mass is 79.9. The van der Waals surface area contributed by atoms with Crippen molar-refractivity contribution in [3.63, 3.8) is 0 Å². The fourth-order valence-corrected chi connectivity index (χ4v) is 3.11. The van der Waals surface area contributed by atoms with E-state index in [2.05, 4.69) is 26.1 Å². The second-order valence-corrected chi connectivity index (χ2v) is 7.32. The van der Waals surface area contributed by atoms with Crippen LogP contribution in [0.3, 0.4) is 0 Å². The molecule has 1 aromatic heterocycles. The number of halogens is 2. The van der Waals surface area contributed by atoms with Crippen LogP contribution in [0.25, 0.3) is 11.4 Å². The lowest BCUT2D eigenvalue weighted by Crippen LogP contribution is -2.06. The minimum Gasteiger partial charge on any atom is -0.297 e. The Hall–Kier alpha value is -0.920. The fourth-order valence-electron chi connectivity index (χ4n) is 1.79. The zero-order valence-electron chi connectivity index (χ0n) is 10.3. The lowest BCUT2D eigenvalue weighted by Gasteiger charge is -2.08. The Morgan fingerprint density at radius 3 is 2.63 bits per heavy atom. The summed E-state index contributed by atoms with van der Waals surface area (Å²) >= 11 is 3.38. The van der Waals surface area contributed by atoms with Crippen LogP contribution in [0, 0.1) is 6.92 Å². The summed E-state index contributed by atoms with van der Waals surface area (Å²) in [5.41, 5.74) is 1.79. The summed E-state index contributed by atoms with van der Waals surface area (Å²) in [6, 6.07) is 5.70. The zero-order chi connectivity index (χ0) is 14.2. The van der Waals surface area contributed by atoms with Gasteiger partial charge in [0.25, 0.3) is 14.2 Å². The van der Waals surface area contributed by atoms with Crippen LogP contribution in [-0.2, 0) is 15.6 Å². The van der Waals surface area contributed by atoms with Crippen LogP contribution < -0.4 is 0 Å². The van der Waals surface area contributed by atoms with Crippen molar-refractivity contribution >= 4 is 35.7 Å². The van der Waals surface area contributed by atoms with Crippen LogP contribution in [-0.4, -0.2) is 23.2 Å². The molecule has 0 bridgehead atoms. The van der Waals surface area contributed by atoms with Gasteiger partial charge in [0.1, 0.15) is 0 Å². The molecule has 0 aliphatic rings. The van der Waals surface area contributed by atoms with Gasteiger partial charge in [-0.15, -0.1) is 10.2 Å². The molecule has 19 heavy (non-hydrogen) atoms. The number of hydrogen-bond acceptors (Lipinski definition) is 4. The molecule has 0 atom stereocenters. The molecule has 2 aromatic rings. The van der Waals surface area contributed by atoms with Crippen molar-refractivity contribution in [2.45, 2.75) is 25.5 Å². The fraction of sp³-hybridized carbons (Fsp3) is 0.273. The summed E-state index contributed by atoms with van der Waals surface area (Å²) in [6.45, 7) is 4.15. The Labute approximate surface area is 124 Å². The number of hydrogen-bond donors (Lipinski definition) is 0. The predicted molar refractivity (Wildman–Crippen MR) is 76.6 cm³/mol. The third kappa shape index (κ3) is 2.82. The Bertz CT molecular complexity index is 728. The predicted octanol–water partition coefficient (Wildman–Crippen LogP) is 2.96. The molecule has 0 radical (unpaired) electrons. The maximum Gasteiger partial charge on any atom is 0.296 e. The molecule has 0 saturated carbocycles. The third-order valence-corrected chi connectivity index (χ3v) is 4.34. The molecule has 0 amide bonds. The topological polar surface area (TPSA) is 64.8 Å². The molecule has 0 aliphatic carbocycles. The molecule has 0 N–H and O–H groups in total. The first-order chi connectivity index (χ1) is 8.84. The molecule has 1 heterocycles. The van der Waals surface area contributed by atoms with Crippen LogP contribution in [0.15, 0.2) is 27.8 Å². The van der Waals surface area contributed by atoms with Crippen molar-refractivity contribution < 1.29 is 8.42 Å². The van der Waals surface area contributed by atoms with Crippen molar-refractivity contribution in [2.75, 3.05) is 0 Å². The van der Waals surface area contributed by atoms with Gasteiger partial charge < -0.3 is 0 Å². The van der Waals surface area contributed by atoms with Crippen LogP contribution in [0.1, 0.15) is 12.5 Å². The van der Waals surface area contributed by atoms with Gasteiger partial charge in [-0.3, -0.25) is 4.57 Å². The monoisotopic (exact) mass is 363 g/mol. The van der Waals surface area contributed by atoms with Gasteiger partial charge in [-0.25, -0.2) is 8.42 Å². The van der Waals surface area contributed by atoms with E-state index in [-0.39, 0.29) is 5.16 Å². The highest BCUT2D eigenvalue weighted by molar-refractivity contribution is 9.10. The van der Waals surface area contributed by atoms with Crippen molar-refractivity contribution in [3.05, 3.63) is 28.2 Å². The second kappa shape index (κ2) is 5.22. The number of aromatic nitrogens is 3. The SMILES string of the molecule is CCn1c(-c2cc(Br)ccc2C)nnc1S(=O)(=O)Cl. The smallest absolute Gasteiger partial charge is 0.296 e. The lowest BCUT2D eigenvalue weighted by atomic mass is 10.1. The van der Waals surface area contributed by atoms with E-state index in [9.17, 15) is 8.42 Å². The number of benzene rings is 1. The van der Waals surface area contributed by atoms with E-state index >= 15 is 0 Å². The third-order valence-electron chi connectivity index (χ3n) is 2.69. The van der Waals surface area contributed by atoms with Crippen LogP contribution in [0.5, 0.6) is 0 Å². The van der Waals surface area contributed by atoms with E-state index in [0.717, 1.165) is 15.6 Å². The average molecular weight is 365 g/mol. The lowest BCUT2D eigenvalue weighted by molar-refractivity contribution is 0.582. The van der Waals surface area contributed by atoms with E-state index in [1.807, 2.05) is 32.0 Å². The van der Waals surface area contributed by atoms with Gasteiger partial charge >= 0.3 is 0 Å². The largest absolute Gasteiger partial charge is 0.297 e. The minimum atomic E-state index is -3.91. The van der Waals surface area contributed by atoms with Crippen LogP contribution in [0.2, 0.25) is 0 Å². The number of nitrogens with zero attached hydrogens (tertiary/aromatic N) is 3. The number of rotatable bonds is 3. The summed E-state index contributed by atoms with van der Waals surface area (Å²) < 4.78 is 25.3. The van der Waals surface area contributed by atoms with E-state index in [0.29, 0.717) is 12.4 Å². The molecule has 8 heteroatoms. The first kappa shape index (κ1) is 14.5. The molecule has 0 aliphatic heterocycles. The van der Waals surface area contributed by atoms with Gasteiger partial charge in [0.15, 0.2) is 5.82 Å². The van der Waals surface area contributed by atoms with Gasteiger partial charge in [-0.05, 0) is 31.5 Å². The number of aryl methyl sites for hydroxylation is 1. The molecule has 5 nitrogen and oxygen atoms in total. The van der Waals surface area contributed by atoms with E-state index in [1.165, 1.54) is 4.57 Å².